The summed E-state index contributed by atoms with van der Waals surface area (Å²) in [6.07, 6.45) is 0. The van der Waals surface area contributed by atoms with Crippen LogP contribution in [0.2, 0.25) is 5.02 Å². The topological polar surface area (TPSA) is 64.0 Å². The van der Waals surface area contributed by atoms with Gasteiger partial charge in [-0.1, -0.05) is 23.4 Å². The molecule has 4 rings (SSSR count). The van der Waals surface area contributed by atoms with Crippen LogP contribution in [0.25, 0.3) is 15.9 Å². The number of aryl methyl sites for hydroxylation is 1. The Morgan fingerprint density at radius 1 is 1.23 bits per heavy atom. The minimum absolute atomic E-state index is 0.0582. The summed E-state index contributed by atoms with van der Waals surface area (Å²) in [4.78, 5) is 30.1. The first-order valence-corrected chi connectivity index (χ1v) is 11.2. The standard InChI is InChI=1S/C21H14ClF2N3O2S2/c1-11-8-12(23)2-5-17(11)27-20(29)19-16(6-7-30-19)26-21(27)31-10-18(28)25-13-3-4-15(24)14(22)9-13/h2-9H,10H2,1H3,(H,25,28). The Balaban J connectivity index is 1.65. The van der Waals surface area contributed by atoms with Crippen molar-refractivity contribution in [1.29, 1.82) is 0 Å². The molecule has 0 atom stereocenters. The van der Waals surface area contributed by atoms with Gasteiger partial charge in [0.15, 0.2) is 5.16 Å². The molecule has 0 aliphatic heterocycles. The average molecular weight is 478 g/mol. The van der Waals surface area contributed by atoms with Gasteiger partial charge in [-0.05, 0) is 60.3 Å². The third-order valence-corrected chi connectivity index (χ3v) is 6.50. The minimum Gasteiger partial charge on any atom is -0.325 e. The molecule has 0 unspecified atom stereocenters. The minimum atomic E-state index is -0.582. The summed E-state index contributed by atoms with van der Waals surface area (Å²) in [5.74, 6) is -1.43. The monoisotopic (exact) mass is 477 g/mol. The van der Waals surface area contributed by atoms with Crippen LogP contribution < -0.4 is 10.9 Å². The van der Waals surface area contributed by atoms with Gasteiger partial charge in [0, 0.05) is 5.69 Å². The Morgan fingerprint density at radius 3 is 2.77 bits per heavy atom. The first kappa shape index (κ1) is 21.5. The summed E-state index contributed by atoms with van der Waals surface area (Å²) < 4.78 is 28.7. The lowest BCUT2D eigenvalue weighted by atomic mass is 10.2. The number of anilines is 1. The molecule has 0 aliphatic carbocycles. The fraction of sp³-hybridized carbons (Fsp3) is 0.0952. The van der Waals surface area contributed by atoms with Crippen molar-refractivity contribution in [1.82, 2.24) is 9.55 Å². The third-order valence-electron chi connectivity index (χ3n) is 4.38. The Bertz CT molecular complexity index is 1370. The number of fused-ring (bicyclic) bond motifs is 1. The molecule has 1 amide bonds. The molecule has 1 N–H and O–H groups in total. The molecule has 4 aromatic rings. The maximum Gasteiger partial charge on any atom is 0.276 e. The van der Waals surface area contributed by atoms with Gasteiger partial charge >= 0.3 is 0 Å². The van der Waals surface area contributed by atoms with Gasteiger partial charge in [-0.3, -0.25) is 14.2 Å². The normalized spacial score (nSPS) is 11.1. The number of aromatic nitrogens is 2. The number of nitrogens with one attached hydrogen (secondary N) is 1. The SMILES string of the molecule is Cc1cc(F)ccc1-n1c(SCC(=O)Nc2ccc(F)c(Cl)c2)nc2ccsc2c1=O. The summed E-state index contributed by atoms with van der Waals surface area (Å²) in [6, 6.07) is 9.72. The van der Waals surface area contributed by atoms with E-state index in [-0.39, 0.29) is 22.2 Å². The van der Waals surface area contributed by atoms with Crippen LogP contribution in [0.4, 0.5) is 14.5 Å². The molecule has 0 saturated carbocycles. The number of hydrogen-bond acceptors (Lipinski definition) is 5. The lowest BCUT2D eigenvalue weighted by molar-refractivity contribution is -0.113. The molecule has 0 fully saturated rings. The highest BCUT2D eigenvalue weighted by Gasteiger charge is 2.17. The van der Waals surface area contributed by atoms with E-state index in [0.717, 1.165) is 17.8 Å². The van der Waals surface area contributed by atoms with E-state index in [1.165, 1.54) is 46.2 Å². The van der Waals surface area contributed by atoms with Crippen molar-refractivity contribution >= 4 is 56.5 Å². The molecule has 0 aliphatic rings. The van der Waals surface area contributed by atoms with Gasteiger partial charge in [-0.2, -0.15) is 0 Å². The van der Waals surface area contributed by atoms with Crippen LogP contribution in [0.1, 0.15) is 5.56 Å². The number of thiophene rings is 1. The number of carbonyl (C=O) groups is 1. The molecule has 2 aromatic carbocycles. The number of thioether (sulfide) groups is 1. The van der Waals surface area contributed by atoms with Crippen molar-refractivity contribution in [2.24, 2.45) is 0 Å². The molecule has 10 heteroatoms. The van der Waals surface area contributed by atoms with Gasteiger partial charge in [0.05, 0.1) is 22.0 Å². The smallest absolute Gasteiger partial charge is 0.276 e. The van der Waals surface area contributed by atoms with Gasteiger partial charge in [0.2, 0.25) is 5.91 Å². The van der Waals surface area contributed by atoms with E-state index in [0.29, 0.717) is 32.3 Å². The second-order valence-electron chi connectivity index (χ2n) is 6.57. The van der Waals surface area contributed by atoms with E-state index in [1.807, 2.05) is 0 Å². The number of benzene rings is 2. The Labute approximate surface area is 188 Å². The molecule has 2 aromatic heterocycles. The summed E-state index contributed by atoms with van der Waals surface area (Å²) in [5, 5.41) is 4.60. The lowest BCUT2D eigenvalue weighted by Crippen LogP contribution is -2.23. The van der Waals surface area contributed by atoms with Crippen LogP contribution in [-0.2, 0) is 4.79 Å². The summed E-state index contributed by atoms with van der Waals surface area (Å²) >= 11 is 8.07. The Morgan fingerprint density at radius 2 is 2.03 bits per heavy atom. The zero-order valence-corrected chi connectivity index (χ0v) is 18.4. The van der Waals surface area contributed by atoms with E-state index in [4.69, 9.17) is 11.6 Å². The van der Waals surface area contributed by atoms with E-state index >= 15 is 0 Å². The molecule has 31 heavy (non-hydrogen) atoms. The van der Waals surface area contributed by atoms with Crippen molar-refractivity contribution in [3.05, 3.63) is 80.4 Å². The number of halogens is 3. The van der Waals surface area contributed by atoms with Crippen LogP contribution in [0.5, 0.6) is 0 Å². The van der Waals surface area contributed by atoms with Crippen LogP contribution >= 0.6 is 34.7 Å². The predicted octanol–water partition coefficient (Wildman–Crippen LogP) is 5.42. The molecule has 0 saturated heterocycles. The molecular weight excluding hydrogens is 464 g/mol. The van der Waals surface area contributed by atoms with Crippen LogP contribution in [-0.4, -0.2) is 21.2 Å². The van der Waals surface area contributed by atoms with Crippen LogP contribution in [0, 0.1) is 18.6 Å². The van der Waals surface area contributed by atoms with Crippen LogP contribution in [0.3, 0.4) is 0 Å². The molecule has 5 nitrogen and oxygen atoms in total. The predicted molar refractivity (Wildman–Crippen MR) is 121 cm³/mol. The Hall–Kier alpha value is -2.75. The summed E-state index contributed by atoms with van der Waals surface area (Å²) in [7, 11) is 0. The van der Waals surface area contributed by atoms with Crippen molar-refractivity contribution in [2.75, 3.05) is 11.1 Å². The number of rotatable bonds is 5. The van der Waals surface area contributed by atoms with Gasteiger partial charge in [0.1, 0.15) is 16.3 Å². The fourth-order valence-corrected chi connectivity index (χ4v) is 4.72. The van der Waals surface area contributed by atoms with Crippen molar-refractivity contribution in [2.45, 2.75) is 12.1 Å². The quantitative estimate of drug-likeness (QED) is 0.308. The third kappa shape index (κ3) is 4.48. The fourth-order valence-electron chi connectivity index (χ4n) is 2.97. The number of nitrogens with zero attached hydrogens (tertiary/aromatic N) is 2. The second-order valence-corrected chi connectivity index (χ2v) is 8.83. The maximum absolute atomic E-state index is 13.6. The highest BCUT2D eigenvalue weighted by molar-refractivity contribution is 7.99. The zero-order valence-electron chi connectivity index (χ0n) is 16.0. The summed E-state index contributed by atoms with van der Waals surface area (Å²) in [6.45, 7) is 1.70. The van der Waals surface area contributed by atoms with Gasteiger partial charge in [-0.15, -0.1) is 11.3 Å². The number of carbonyl (C=O) groups excluding carboxylic acids is 1. The first-order valence-electron chi connectivity index (χ1n) is 8.98. The van der Waals surface area contributed by atoms with E-state index in [9.17, 15) is 18.4 Å². The second kappa shape index (κ2) is 8.78. The first-order chi connectivity index (χ1) is 14.8. The molecular formula is C21H14ClF2N3O2S2. The van der Waals surface area contributed by atoms with E-state index in [1.54, 1.807) is 18.4 Å². The Kier molecular flexibility index (Phi) is 6.08. The van der Waals surface area contributed by atoms with E-state index < -0.39 is 11.6 Å². The molecule has 2 heterocycles. The number of amides is 1. The van der Waals surface area contributed by atoms with Crippen LogP contribution in [0.15, 0.2) is 57.8 Å². The van der Waals surface area contributed by atoms with Crippen molar-refractivity contribution in [3.8, 4) is 5.69 Å². The summed E-state index contributed by atoms with van der Waals surface area (Å²) in [5.41, 5.74) is 1.64. The van der Waals surface area contributed by atoms with Gasteiger partial charge in [-0.25, -0.2) is 13.8 Å². The highest BCUT2D eigenvalue weighted by atomic mass is 35.5. The van der Waals surface area contributed by atoms with Crippen molar-refractivity contribution < 1.29 is 13.6 Å². The zero-order chi connectivity index (χ0) is 22.1. The maximum atomic E-state index is 13.6. The van der Waals surface area contributed by atoms with E-state index in [2.05, 4.69) is 10.3 Å². The number of hydrogen-bond donors (Lipinski definition) is 1. The molecule has 0 radical (unpaired) electrons. The van der Waals surface area contributed by atoms with Gasteiger partial charge in [0.25, 0.3) is 5.56 Å². The largest absolute Gasteiger partial charge is 0.325 e. The molecule has 158 valence electrons. The highest BCUT2D eigenvalue weighted by Crippen LogP contribution is 2.26. The van der Waals surface area contributed by atoms with Gasteiger partial charge < -0.3 is 5.32 Å². The lowest BCUT2D eigenvalue weighted by Gasteiger charge is -2.14. The molecule has 0 bridgehead atoms. The van der Waals surface area contributed by atoms with Crippen molar-refractivity contribution in [3.63, 3.8) is 0 Å². The molecule has 0 spiro atoms. The average Bonchev–Trinajstić information content (AvgIpc) is 3.19.